The van der Waals surface area contributed by atoms with Gasteiger partial charge in [0.15, 0.2) is 0 Å². The summed E-state index contributed by atoms with van der Waals surface area (Å²) in [4.78, 5) is 29.0. The number of hydrogen-bond acceptors (Lipinski definition) is 3. The van der Waals surface area contributed by atoms with E-state index in [1.54, 1.807) is 16.7 Å². The molecule has 0 bridgehead atoms. The van der Waals surface area contributed by atoms with E-state index >= 15 is 0 Å². The fourth-order valence-electron chi connectivity index (χ4n) is 2.56. The van der Waals surface area contributed by atoms with Gasteiger partial charge in [0.25, 0.3) is 0 Å². The number of benzene rings is 1. The minimum absolute atomic E-state index is 0.0417. The van der Waals surface area contributed by atoms with E-state index in [2.05, 4.69) is 47.2 Å². The number of hydrogen-bond donors (Lipinski definition) is 1. The second-order valence-electron chi connectivity index (χ2n) is 5.86. The van der Waals surface area contributed by atoms with Crippen LogP contribution in [0.2, 0.25) is 0 Å². The van der Waals surface area contributed by atoms with E-state index in [9.17, 15) is 9.59 Å². The summed E-state index contributed by atoms with van der Waals surface area (Å²) in [6.45, 7) is 9.04. The highest BCUT2D eigenvalue weighted by molar-refractivity contribution is 9.10. The third kappa shape index (κ3) is 4.89. The maximum Gasteiger partial charge on any atom is 0.317 e. The fourth-order valence-corrected chi connectivity index (χ4v) is 4.03. The van der Waals surface area contributed by atoms with Gasteiger partial charge in [-0.05, 0) is 44.0 Å². The molecule has 0 unspecified atom stereocenters. The van der Waals surface area contributed by atoms with Crippen molar-refractivity contribution in [3.63, 3.8) is 0 Å². The van der Waals surface area contributed by atoms with Crippen molar-refractivity contribution in [1.82, 2.24) is 15.1 Å². The maximum atomic E-state index is 12.4. The molecule has 1 aromatic rings. The van der Waals surface area contributed by atoms with E-state index in [1.165, 1.54) is 11.1 Å². The Morgan fingerprint density at radius 1 is 1.12 bits per heavy atom. The van der Waals surface area contributed by atoms with Crippen LogP contribution < -0.4 is 5.32 Å². The first-order chi connectivity index (χ1) is 11.4. The number of nitrogens with one attached hydrogen (secondary N) is 1. The van der Waals surface area contributed by atoms with Crippen LogP contribution in [-0.2, 0) is 4.79 Å². The van der Waals surface area contributed by atoms with Crippen LogP contribution in [0.1, 0.15) is 18.1 Å². The van der Waals surface area contributed by atoms with Crippen molar-refractivity contribution in [2.45, 2.75) is 25.7 Å². The molecule has 0 spiro atoms. The summed E-state index contributed by atoms with van der Waals surface area (Å²) in [6.07, 6.45) is 0. The molecule has 0 atom stereocenters. The van der Waals surface area contributed by atoms with E-state index < -0.39 is 0 Å². The monoisotopic (exact) mass is 413 g/mol. The normalized spacial score (nSPS) is 14.7. The zero-order valence-electron chi connectivity index (χ0n) is 14.4. The molecular formula is C17H24BrN3O2S. The van der Waals surface area contributed by atoms with Crippen molar-refractivity contribution < 1.29 is 9.59 Å². The first kappa shape index (κ1) is 19.1. The molecule has 1 fully saturated rings. The molecule has 24 heavy (non-hydrogen) atoms. The Bertz CT molecular complexity index is 616. The molecule has 3 amide bonds. The smallest absolute Gasteiger partial charge is 0.317 e. The number of carbonyl (C=O) groups is 2. The van der Waals surface area contributed by atoms with Gasteiger partial charge in [-0.3, -0.25) is 4.79 Å². The molecule has 1 aliphatic rings. The lowest BCUT2D eigenvalue weighted by Gasteiger charge is -2.34. The SMILES string of the molecule is CCNC(=O)N1CCN(C(=O)CSc2cc(C)c(Br)cc2C)CC1. The van der Waals surface area contributed by atoms with Crippen molar-refractivity contribution in [3.05, 3.63) is 27.7 Å². The van der Waals surface area contributed by atoms with E-state index in [4.69, 9.17) is 0 Å². The average Bonchev–Trinajstić information content (AvgIpc) is 2.57. The van der Waals surface area contributed by atoms with Gasteiger partial charge < -0.3 is 15.1 Å². The van der Waals surface area contributed by atoms with E-state index in [0.29, 0.717) is 38.5 Å². The van der Waals surface area contributed by atoms with Crippen LogP contribution in [0.5, 0.6) is 0 Å². The largest absolute Gasteiger partial charge is 0.338 e. The van der Waals surface area contributed by atoms with Gasteiger partial charge in [-0.25, -0.2) is 4.79 Å². The topological polar surface area (TPSA) is 52.7 Å². The van der Waals surface area contributed by atoms with Crippen LogP contribution in [0.3, 0.4) is 0 Å². The number of thioether (sulfide) groups is 1. The quantitative estimate of drug-likeness (QED) is 0.771. The molecule has 1 heterocycles. The zero-order chi connectivity index (χ0) is 17.7. The Kier molecular flexibility index (Phi) is 6.98. The molecule has 1 aliphatic heterocycles. The van der Waals surface area contributed by atoms with Gasteiger partial charge in [-0.1, -0.05) is 15.9 Å². The first-order valence-corrected chi connectivity index (χ1v) is 9.90. The van der Waals surface area contributed by atoms with Gasteiger partial charge in [-0.2, -0.15) is 0 Å². The van der Waals surface area contributed by atoms with Crippen LogP contribution in [0, 0.1) is 13.8 Å². The average molecular weight is 414 g/mol. The third-order valence-electron chi connectivity index (χ3n) is 4.05. The molecule has 2 rings (SSSR count). The Labute approximate surface area is 156 Å². The summed E-state index contributed by atoms with van der Waals surface area (Å²) in [7, 11) is 0. The lowest BCUT2D eigenvalue weighted by Crippen LogP contribution is -2.53. The zero-order valence-corrected chi connectivity index (χ0v) is 16.8. The highest BCUT2D eigenvalue weighted by Gasteiger charge is 2.23. The number of nitrogens with zero attached hydrogens (tertiary/aromatic N) is 2. The second-order valence-corrected chi connectivity index (χ2v) is 7.73. The van der Waals surface area contributed by atoms with Gasteiger partial charge in [0.1, 0.15) is 0 Å². The fraction of sp³-hybridized carbons (Fsp3) is 0.529. The van der Waals surface area contributed by atoms with Crippen molar-refractivity contribution in [2.24, 2.45) is 0 Å². The lowest BCUT2D eigenvalue weighted by molar-refractivity contribution is -0.129. The minimum atomic E-state index is -0.0417. The third-order valence-corrected chi connectivity index (χ3v) is 6.05. The number of urea groups is 1. The summed E-state index contributed by atoms with van der Waals surface area (Å²) < 4.78 is 1.09. The molecule has 7 heteroatoms. The van der Waals surface area contributed by atoms with Gasteiger partial charge >= 0.3 is 6.03 Å². The van der Waals surface area contributed by atoms with Crippen LogP contribution in [-0.4, -0.2) is 60.2 Å². The van der Waals surface area contributed by atoms with Gasteiger partial charge in [-0.15, -0.1) is 11.8 Å². The number of halogens is 1. The summed E-state index contributed by atoms with van der Waals surface area (Å²) in [5.74, 6) is 0.568. The standard InChI is InChI=1S/C17H24BrN3O2S/c1-4-19-17(23)21-7-5-20(6-8-21)16(22)11-24-15-10-12(2)14(18)9-13(15)3/h9-10H,4-8,11H2,1-3H3,(H,19,23). The van der Waals surface area contributed by atoms with Crippen LogP contribution in [0.25, 0.3) is 0 Å². The highest BCUT2D eigenvalue weighted by Crippen LogP contribution is 2.28. The number of aryl methyl sites for hydroxylation is 2. The van der Waals surface area contributed by atoms with Crippen molar-refractivity contribution in [2.75, 3.05) is 38.5 Å². The summed E-state index contributed by atoms with van der Waals surface area (Å²) in [5, 5.41) is 2.80. The van der Waals surface area contributed by atoms with Gasteiger partial charge in [0, 0.05) is 42.1 Å². The Morgan fingerprint density at radius 2 is 1.75 bits per heavy atom. The van der Waals surface area contributed by atoms with E-state index in [0.717, 1.165) is 9.37 Å². The maximum absolute atomic E-state index is 12.4. The molecule has 0 aliphatic carbocycles. The molecule has 5 nitrogen and oxygen atoms in total. The Balaban J connectivity index is 1.84. The van der Waals surface area contributed by atoms with Gasteiger partial charge in [0.05, 0.1) is 5.75 Å². The molecule has 0 saturated carbocycles. The predicted octanol–water partition coefficient (Wildman–Crippen LogP) is 3.03. The van der Waals surface area contributed by atoms with E-state index in [-0.39, 0.29) is 11.9 Å². The molecule has 0 radical (unpaired) electrons. The lowest BCUT2D eigenvalue weighted by atomic mass is 10.2. The van der Waals surface area contributed by atoms with Crippen molar-refractivity contribution >= 4 is 39.6 Å². The molecule has 0 aromatic heterocycles. The highest BCUT2D eigenvalue weighted by atomic mass is 79.9. The number of amides is 3. The molecular weight excluding hydrogens is 390 g/mol. The Morgan fingerprint density at radius 3 is 2.38 bits per heavy atom. The van der Waals surface area contributed by atoms with Crippen LogP contribution in [0.4, 0.5) is 4.79 Å². The Hall–Kier alpha value is -1.21. The first-order valence-electron chi connectivity index (χ1n) is 8.12. The summed E-state index contributed by atoms with van der Waals surface area (Å²) >= 11 is 5.11. The van der Waals surface area contributed by atoms with E-state index in [1.807, 2.05) is 11.8 Å². The molecule has 1 saturated heterocycles. The number of piperazine rings is 1. The number of carbonyl (C=O) groups excluding carboxylic acids is 2. The summed E-state index contributed by atoms with van der Waals surface area (Å²) in [6, 6.07) is 4.16. The molecule has 1 N–H and O–H groups in total. The second kappa shape index (κ2) is 8.76. The van der Waals surface area contributed by atoms with Crippen molar-refractivity contribution in [3.8, 4) is 0 Å². The minimum Gasteiger partial charge on any atom is -0.338 e. The molecule has 132 valence electrons. The van der Waals surface area contributed by atoms with Crippen molar-refractivity contribution in [1.29, 1.82) is 0 Å². The molecule has 1 aromatic carbocycles. The number of rotatable bonds is 4. The summed E-state index contributed by atoms with van der Waals surface area (Å²) in [5.41, 5.74) is 2.34. The predicted molar refractivity (Wildman–Crippen MR) is 102 cm³/mol. The van der Waals surface area contributed by atoms with Gasteiger partial charge in [0.2, 0.25) is 5.91 Å². The van der Waals surface area contributed by atoms with Crippen LogP contribution >= 0.6 is 27.7 Å². The van der Waals surface area contributed by atoms with Crippen LogP contribution in [0.15, 0.2) is 21.5 Å².